The molecular weight excluding hydrogens is 405 g/mol. The van der Waals surface area contributed by atoms with Gasteiger partial charge in [0.1, 0.15) is 11.6 Å². The van der Waals surface area contributed by atoms with Crippen LogP contribution < -0.4 is 10.9 Å². The summed E-state index contributed by atoms with van der Waals surface area (Å²) < 4.78 is 13.4. The number of H-pyrrole nitrogens is 1. The normalized spacial score (nSPS) is 23.7. The highest BCUT2D eigenvalue weighted by atomic mass is 19.1. The lowest BCUT2D eigenvalue weighted by atomic mass is 9.81. The number of aromatic nitrogens is 2. The number of nitrogens with one attached hydrogen (secondary N) is 3. The SMILES string of the molecule is O=C(CCc1nc2ccc(F)cc2[nH]1)N1CCCC(C2NNCC2Cc2ccccc2)C1. The quantitative estimate of drug-likeness (QED) is 0.556. The minimum absolute atomic E-state index is 0.173. The van der Waals surface area contributed by atoms with E-state index in [1.54, 1.807) is 6.07 Å². The molecule has 32 heavy (non-hydrogen) atoms. The fraction of sp³-hybridized carbons (Fsp3) is 0.440. The molecule has 0 aliphatic carbocycles. The number of aryl methyl sites for hydroxylation is 1. The van der Waals surface area contributed by atoms with Gasteiger partial charge in [-0.05, 0) is 54.9 Å². The van der Waals surface area contributed by atoms with Gasteiger partial charge in [0.05, 0.1) is 11.0 Å². The van der Waals surface area contributed by atoms with Gasteiger partial charge in [-0.2, -0.15) is 0 Å². The molecule has 2 aromatic carbocycles. The third kappa shape index (κ3) is 4.69. The molecule has 0 bridgehead atoms. The van der Waals surface area contributed by atoms with E-state index in [0.717, 1.165) is 50.2 Å². The van der Waals surface area contributed by atoms with Gasteiger partial charge in [-0.1, -0.05) is 30.3 Å². The maximum atomic E-state index is 13.4. The molecule has 5 rings (SSSR count). The molecule has 0 spiro atoms. The predicted molar refractivity (Wildman–Crippen MR) is 122 cm³/mol. The lowest BCUT2D eigenvalue weighted by molar-refractivity contribution is -0.133. The van der Waals surface area contributed by atoms with Gasteiger partial charge in [0.2, 0.25) is 5.91 Å². The number of rotatable bonds is 6. The predicted octanol–water partition coefficient (Wildman–Crippen LogP) is 3.21. The van der Waals surface area contributed by atoms with Crippen molar-refractivity contribution in [3.8, 4) is 0 Å². The van der Waals surface area contributed by atoms with Crippen LogP contribution >= 0.6 is 0 Å². The van der Waals surface area contributed by atoms with Gasteiger partial charge in [-0.3, -0.25) is 15.6 Å². The topological polar surface area (TPSA) is 73.0 Å². The molecule has 2 saturated heterocycles. The number of carbonyl (C=O) groups is 1. The van der Waals surface area contributed by atoms with Gasteiger partial charge >= 0.3 is 0 Å². The number of imidazole rings is 1. The minimum atomic E-state index is -0.288. The van der Waals surface area contributed by atoms with Gasteiger partial charge in [-0.25, -0.2) is 9.37 Å². The van der Waals surface area contributed by atoms with Crippen molar-refractivity contribution in [2.45, 2.75) is 38.1 Å². The number of benzene rings is 2. The third-order valence-electron chi connectivity index (χ3n) is 6.87. The first-order chi connectivity index (χ1) is 15.7. The zero-order chi connectivity index (χ0) is 21.9. The van der Waals surface area contributed by atoms with Crippen LogP contribution in [0.1, 0.15) is 30.7 Å². The minimum Gasteiger partial charge on any atom is -0.342 e. The second-order valence-electron chi connectivity index (χ2n) is 9.09. The molecule has 168 valence electrons. The largest absolute Gasteiger partial charge is 0.342 e. The molecule has 3 aromatic rings. The molecular formula is C25H30FN5O. The van der Waals surface area contributed by atoms with Crippen LogP contribution in [-0.2, 0) is 17.6 Å². The smallest absolute Gasteiger partial charge is 0.223 e. The molecule has 0 saturated carbocycles. The van der Waals surface area contributed by atoms with E-state index >= 15 is 0 Å². The Morgan fingerprint density at radius 2 is 2.06 bits per heavy atom. The van der Waals surface area contributed by atoms with Crippen LogP contribution in [0.5, 0.6) is 0 Å². The van der Waals surface area contributed by atoms with E-state index in [0.29, 0.717) is 36.2 Å². The zero-order valence-corrected chi connectivity index (χ0v) is 18.2. The standard InChI is InChI=1S/C25H30FN5O/c26-20-8-9-21-22(14-20)29-23(28-21)10-11-24(32)31-12-4-7-18(16-31)25-19(15-27-30-25)13-17-5-2-1-3-6-17/h1-3,5-6,8-9,14,18-19,25,27,30H,4,7,10-13,15-16H2,(H,28,29). The Balaban J connectivity index is 1.18. The molecule has 3 heterocycles. The van der Waals surface area contributed by atoms with E-state index in [2.05, 4.69) is 51.2 Å². The number of hydrazine groups is 1. The van der Waals surface area contributed by atoms with Crippen LogP contribution in [-0.4, -0.2) is 46.5 Å². The van der Waals surface area contributed by atoms with Gasteiger partial charge in [-0.15, -0.1) is 0 Å². The lowest BCUT2D eigenvalue weighted by Crippen LogP contribution is -2.48. The summed E-state index contributed by atoms with van der Waals surface area (Å²) in [6, 6.07) is 15.5. The molecule has 0 radical (unpaired) electrons. The average Bonchev–Trinajstić information content (AvgIpc) is 3.44. The highest BCUT2D eigenvalue weighted by molar-refractivity contribution is 5.77. The van der Waals surface area contributed by atoms with E-state index in [1.807, 2.05) is 4.90 Å². The number of fused-ring (bicyclic) bond motifs is 1. The number of nitrogens with zero attached hydrogens (tertiary/aromatic N) is 2. The second-order valence-corrected chi connectivity index (χ2v) is 9.09. The Labute approximate surface area is 187 Å². The molecule has 3 unspecified atom stereocenters. The number of amides is 1. The summed E-state index contributed by atoms with van der Waals surface area (Å²) in [5, 5.41) is 0. The number of hydrogen-bond acceptors (Lipinski definition) is 4. The van der Waals surface area contributed by atoms with Crippen LogP contribution in [0.3, 0.4) is 0 Å². The van der Waals surface area contributed by atoms with Crippen molar-refractivity contribution in [2.24, 2.45) is 11.8 Å². The first kappa shape index (κ1) is 21.1. The van der Waals surface area contributed by atoms with E-state index in [4.69, 9.17) is 0 Å². The highest BCUT2D eigenvalue weighted by Gasteiger charge is 2.36. The lowest BCUT2D eigenvalue weighted by Gasteiger charge is -2.37. The summed E-state index contributed by atoms with van der Waals surface area (Å²) in [7, 11) is 0. The molecule has 1 amide bonds. The van der Waals surface area contributed by atoms with Crippen molar-refractivity contribution < 1.29 is 9.18 Å². The molecule has 3 N–H and O–H groups in total. The van der Waals surface area contributed by atoms with Crippen molar-refractivity contribution in [1.82, 2.24) is 25.7 Å². The van der Waals surface area contributed by atoms with E-state index in [9.17, 15) is 9.18 Å². The van der Waals surface area contributed by atoms with Crippen LogP contribution in [0, 0.1) is 17.7 Å². The van der Waals surface area contributed by atoms with Crippen LogP contribution in [0.2, 0.25) is 0 Å². The number of likely N-dealkylation sites (tertiary alicyclic amines) is 1. The average molecular weight is 436 g/mol. The molecule has 6 nitrogen and oxygen atoms in total. The Hall–Kier alpha value is -2.77. The van der Waals surface area contributed by atoms with E-state index < -0.39 is 0 Å². The number of hydrogen-bond donors (Lipinski definition) is 3. The molecule has 2 aliphatic heterocycles. The molecule has 2 aliphatic rings. The summed E-state index contributed by atoms with van der Waals surface area (Å²) in [6.07, 6.45) is 4.18. The Bertz CT molecular complexity index is 1070. The fourth-order valence-corrected chi connectivity index (χ4v) is 5.24. The van der Waals surface area contributed by atoms with Crippen molar-refractivity contribution in [3.63, 3.8) is 0 Å². The molecule has 2 fully saturated rings. The summed E-state index contributed by atoms with van der Waals surface area (Å²) in [5.41, 5.74) is 9.63. The number of halogens is 1. The molecule has 3 atom stereocenters. The van der Waals surface area contributed by atoms with Gasteiger partial charge < -0.3 is 9.88 Å². The van der Waals surface area contributed by atoms with Gasteiger partial charge in [0, 0.05) is 38.5 Å². The zero-order valence-electron chi connectivity index (χ0n) is 18.2. The molecule has 7 heteroatoms. The fourth-order valence-electron chi connectivity index (χ4n) is 5.24. The monoisotopic (exact) mass is 435 g/mol. The van der Waals surface area contributed by atoms with Crippen molar-refractivity contribution >= 4 is 16.9 Å². The van der Waals surface area contributed by atoms with Gasteiger partial charge in [0.15, 0.2) is 0 Å². The first-order valence-electron chi connectivity index (χ1n) is 11.6. The Morgan fingerprint density at radius 3 is 2.94 bits per heavy atom. The van der Waals surface area contributed by atoms with Crippen molar-refractivity contribution in [3.05, 3.63) is 65.7 Å². The maximum absolute atomic E-state index is 13.4. The van der Waals surface area contributed by atoms with Gasteiger partial charge in [0.25, 0.3) is 0 Å². The van der Waals surface area contributed by atoms with Crippen LogP contribution in [0.15, 0.2) is 48.5 Å². The number of piperidine rings is 1. The van der Waals surface area contributed by atoms with E-state index in [1.165, 1.54) is 17.7 Å². The third-order valence-corrected chi connectivity index (χ3v) is 6.87. The second kappa shape index (κ2) is 9.38. The van der Waals surface area contributed by atoms with Crippen LogP contribution in [0.4, 0.5) is 4.39 Å². The maximum Gasteiger partial charge on any atom is 0.223 e. The summed E-state index contributed by atoms with van der Waals surface area (Å²) in [6.45, 7) is 2.58. The van der Waals surface area contributed by atoms with Crippen molar-refractivity contribution in [1.29, 1.82) is 0 Å². The Kier molecular flexibility index (Phi) is 6.19. The van der Waals surface area contributed by atoms with Crippen LogP contribution in [0.25, 0.3) is 11.0 Å². The van der Waals surface area contributed by atoms with E-state index in [-0.39, 0.29) is 11.7 Å². The first-order valence-corrected chi connectivity index (χ1v) is 11.6. The summed E-state index contributed by atoms with van der Waals surface area (Å²) in [5.74, 6) is 1.59. The molecule has 1 aromatic heterocycles. The van der Waals surface area contributed by atoms with Crippen molar-refractivity contribution in [2.75, 3.05) is 19.6 Å². The highest BCUT2D eigenvalue weighted by Crippen LogP contribution is 2.28. The number of carbonyl (C=O) groups excluding carboxylic acids is 1. The summed E-state index contributed by atoms with van der Waals surface area (Å²) >= 11 is 0. The Morgan fingerprint density at radius 1 is 1.19 bits per heavy atom. The number of aromatic amines is 1. The summed E-state index contributed by atoms with van der Waals surface area (Å²) in [4.78, 5) is 22.6.